The van der Waals surface area contributed by atoms with Crippen molar-refractivity contribution < 1.29 is 13.2 Å². The van der Waals surface area contributed by atoms with Gasteiger partial charge in [0, 0.05) is 30.3 Å². The van der Waals surface area contributed by atoms with Crippen molar-refractivity contribution in [2.45, 2.75) is 51.4 Å². The third-order valence-electron chi connectivity index (χ3n) is 6.30. The van der Waals surface area contributed by atoms with E-state index in [9.17, 15) is 13.2 Å². The smallest absolute Gasteiger partial charge is 0.364 e. The summed E-state index contributed by atoms with van der Waals surface area (Å²) in [6, 6.07) is 7.15. The second-order valence-electron chi connectivity index (χ2n) is 9.34. The number of rotatable bonds is 7. The minimum atomic E-state index is -4.49. The quantitative estimate of drug-likeness (QED) is 0.255. The average Bonchev–Trinajstić information content (AvgIpc) is 3.27. The summed E-state index contributed by atoms with van der Waals surface area (Å²) < 4.78 is 41.3. The molecule has 1 aliphatic rings. The summed E-state index contributed by atoms with van der Waals surface area (Å²) in [6.07, 6.45) is 0.430. The number of hydrogen-bond acceptors (Lipinski definition) is 7. The van der Waals surface area contributed by atoms with Gasteiger partial charge in [0.15, 0.2) is 23.0 Å². The van der Waals surface area contributed by atoms with E-state index in [4.69, 9.17) is 4.98 Å². The van der Waals surface area contributed by atoms with Crippen LogP contribution < -0.4 is 5.32 Å². The van der Waals surface area contributed by atoms with E-state index in [0.29, 0.717) is 40.8 Å². The van der Waals surface area contributed by atoms with Crippen LogP contribution >= 0.6 is 11.3 Å². The van der Waals surface area contributed by atoms with E-state index in [2.05, 4.69) is 30.2 Å². The minimum Gasteiger partial charge on any atom is -0.364 e. The van der Waals surface area contributed by atoms with Crippen LogP contribution in [0.5, 0.6) is 0 Å². The number of fused-ring (bicyclic) bond motifs is 1. The molecule has 0 spiro atoms. The number of aromatic amines is 1. The maximum atomic E-state index is 13.3. The second-order valence-corrected chi connectivity index (χ2v) is 10.2. The van der Waals surface area contributed by atoms with E-state index in [-0.39, 0.29) is 11.9 Å². The van der Waals surface area contributed by atoms with Gasteiger partial charge >= 0.3 is 6.18 Å². The Labute approximate surface area is 214 Å². The van der Waals surface area contributed by atoms with Gasteiger partial charge < -0.3 is 14.9 Å². The number of alkyl halides is 3. The fraction of sp³-hybridized carbons (Fsp3) is 0.320. The maximum Gasteiger partial charge on any atom is 0.434 e. The van der Waals surface area contributed by atoms with Gasteiger partial charge in [-0.2, -0.15) is 13.2 Å². The molecule has 0 aliphatic heterocycles. The van der Waals surface area contributed by atoms with Crippen molar-refractivity contribution in [2.24, 2.45) is 0 Å². The SMILES string of the molecule is CC(C)n1cc(C(F)(F)F)nc1-c1ccc(CNc2nc(-c3scnc3C3CC3)nc3nc[nH]c23)cc1. The molecule has 0 unspecified atom stereocenters. The fourth-order valence-electron chi connectivity index (χ4n) is 4.23. The predicted molar refractivity (Wildman–Crippen MR) is 135 cm³/mol. The molecule has 4 heterocycles. The van der Waals surface area contributed by atoms with E-state index in [0.717, 1.165) is 35.2 Å². The van der Waals surface area contributed by atoms with E-state index >= 15 is 0 Å². The van der Waals surface area contributed by atoms with Crippen LogP contribution in [0.3, 0.4) is 0 Å². The largest absolute Gasteiger partial charge is 0.434 e. The molecule has 1 aliphatic carbocycles. The number of H-pyrrole nitrogens is 1. The molecule has 2 N–H and O–H groups in total. The molecule has 1 fully saturated rings. The predicted octanol–water partition coefficient (Wildman–Crippen LogP) is 6.43. The van der Waals surface area contributed by atoms with E-state index < -0.39 is 11.9 Å². The second kappa shape index (κ2) is 8.94. The lowest BCUT2D eigenvalue weighted by Crippen LogP contribution is -2.05. The zero-order valence-corrected chi connectivity index (χ0v) is 20.9. The molecule has 0 amide bonds. The van der Waals surface area contributed by atoms with Crippen LogP contribution in [0.25, 0.3) is 33.3 Å². The van der Waals surface area contributed by atoms with Crippen molar-refractivity contribution in [1.29, 1.82) is 0 Å². The Morgan fingerprint density at radius 1 is 1.11 bits per heavy atom. The van der Waals surface area contributed by atoms with Crippen LogP contribution in [0.2, 0.25) is 0 Å². The number of thiazole rings is 1. The highest BCUT2D eigenvalue weighted by molar-refractivity contribution is 7.13. The lowest BCUT2D eigenvalue weighted by Gasteiger charge is -2.12. The molecule has 8 nitrogen and oxygen atoms in total. The zero-order chi connectivity index (χ0) is 25.7. The van der Waals surface area contributed by atoms with Gasteiger partial charge in [0.1, 0.15) is 11.3 Å². The maximum absolute atomic E-state index is 13.3. The number of aromatic nitrogens is 7. The summed E-state index contributed by atoms with van der Waals surface area (Å²) in [7, 11) is 0. The van der Waals surface area contributed by atoms with Gasteiger partial charge in [-0.25, -0.2) is 24.9 Å². The van der Waals surface area contributed by atoms with Crippen LogP contribution in [0, 0.1) is 0 Å². The van der Waals surface area contributed by atoms with E-state index in [1.807, 2.05) is 31.5 Å². The molecule has 12 heteroatoms. The lowest BCUT2D eigenvalue weighted by atomic mass is 10.1. The van der Waals surface area contributed by atoms with Gasteiger partial charge in [-0.1, -0.05) is 24.3 Å². The molecule has 190 valence electrons. The third kappa shape index (κ3) is 4.57. The zero-order valence-electron chi connectivity index (χ0n) is 20.0. The topological polar surface area (TPSA) is 97.2 Å². The van der Waals surface area contributed by atoms with Crippen LogP contribution in [-0.4, -0.2) is 34.5 Å². The van der Waals surface area contributed by atoms with Crippen LogP contribution in [0.1, 0.15) is 55.6 Å². The first kappa shape index (κ1) is 23.6. The van der Waals surface area contributed by atoms with Crippen molar-refractivity contribution in [3.63, 3.8) is 0 Å². The average molecular weight is 525 g/mol. The number of nitrogens with one attached hydrogen (secondary N) is 2. The highest BCUT2D eigenvalue weighted by atomic mass is 32.1. The normalized spacial score (nSPS) is 14.1. The molecule has 0 bridgehead atoms. The monoisotopic (exact) mass is 524 g/mol. The van der Waals surface area contributed by atoms with Crippen molar-refractivity contribution in [1.82, 2.24) is 34.5 Å². The van der Waals surface area contributed by atoms with Crippen LogP contribution in [0.4, 0.5) is 19.0 Å². The minimum absolute atomic E-state index is 0.164. The highest BCUT2D eigenvalue weighted by Gasteiger charge is 2.35. The molecule has 37 heavy (non-hydrogen) atoms. The van der Waals surface area contributed by atoms with Gasteiger partial charge in [-0.3, -0.25) is 0 Å². The summed E-state index contributed by atoms with van der Waals surface area (Å²) in [5.41, 5.74) is 4.82. The number of hydrogen-bond donors (Lipinski definition) is 2. The number of anilines is 1. The molecule has 5 aromatic rings. The summed E-state index contributed by atoms with van der Waals surface area (Å²) in [4.78, 5) is 26.2. The van der Waals surface area contributed by atoms with E-state index in [1.54, 1.807) is 23.0 Å². The van der Waals surface area contributed by atoms with Crippen LogP contribution in [-0.2, 0) is 12.7 Å². The molecular formula is C25H23F3N8S. The molecule has 6 rings (SSSR count). The lowest BCUT2D eigenvalue weighted by molar-refractivity contribution is -0.140. The Bertz CT molecular complexity index is 1560. The number of imidazole rings is 2. The van der Waals surface area contributed by atoms with Crippen molar-refractivity contribution in [3.05, 3.63) is 59.3 Å². The number of nitrogens with zero attached hydrogens (tertiary/aromatic N) is 6. The molecule has 4 aromatic heterocycles. The molecular weight excluding hydrogens is 501 g/mol. The molecule has 0 saturated heterocycles. The molecule has 1 aromatic carbocycles. The van der Waals surface area contributed by atoms with Crippen molar-refractivity contribution in [3.8, 4) is 22.1 Å². The summed E-state index contributed by atoms with van der Waals surface area (Å²) in [5, 5.41) is 3.36. The Kier molecular flexibility index (Phi) is 5.70. The Hall–Kier alpha value is -3.80. The van der Waals surface area contributed by atoms with E-state index in [1.165, 1.54) is 11.3 Å². The third-order valence-corrected chi connectivity index (χ3v) is 7.14. The summed E-state index contributed by atoms with van der Waals surface area (Å²) in [5.74, 6) is 2.00. The van der Waals surface area contributed by atoms with Gasteiger partial charge in [0.2, 0.25) is 0 Å². The summed E-state index contributed by atoms with van der Waals surface area (Å²) in [6.45, 7) is 4.11. The fourth-order valence-corrected chi connectivity index (χ4v) is 5.04. The van der Waals surface area contributed by atoms with Gasteiger partial charge in [0.05, 0.1) is 22.4 Å². The molecule has 0 atom stereocenters. The summed E-state index contributed by atoms with van der Waals surface area (Å²) >= 11 is 1.53. The van der Waals surface area contributed by atoms with Crippen LogP contribution in [0.15, 0.2) is 42.3 Å². The molecule has 0 radical (unpaired) electrons. The molecule has 1 saturated carbocycles. The van der Waals surface area contributed by atoms with Gasteiger partial charge in [0.25, 0.3) is 0 Å². The number of benzene rings is 1. The van der Waals surface area contributed by atoms with Gasteiger partial charge in [-0.15, -0.1) is 11.3 Å². The first-order valence-corrected chi connectivity index (χ1v) is 12.8. The standard InChI is InChI=1S/C25H23F3N8S/c1-13(2)36-10-17(25(26,27)28)33-24(36)16-5-3-14(4-6-16)9-29-21-19-22(31-11-30-19)35-23(34-21)20-18(15-7-8-15)32-12-37-20/h3-6,10-13,15H,7-9H2,1-2H3,(H2,29,30,31,34,35). The van der Waals surface area contributed by atoms with Crippen molar-refractivity contribution >= 4 is 28.3 Å². The van der Waals surface area contributed by atoms with Gasteiger partial charge in [-0.05, 0) is 32.3 Å². The Balaban J connectivity index is 1.25. The number of halogens is 3. The highest BCUT2D eigenvalue weighted by Crippen LogP contribution is 2.44. The van der Waals surface area contributed by atoms with Crippen molar-refractivity contribution in [2.75, 3.05) is 5.32 Å². The Morgan fingerprint density at radius 3 is 2.59 bits per heavy atom. The first-order chi connectivity index (χ1) is 17.8. The first-order valence-electron chi connectivity index (χ1n) is 11.9. The Morgan fingerprint density at radius 2 is 1.89 bits per heavy atom.